The molecule has 0 atom stereocenters. The fourth-order valence-electron chi connectivity index (χ4n) is 2.34. The molecule has 0 radical (unpaired) electrons. The molecular formula is C14H22N2O6P2. The minimum absolute atomic E-state index is 0.169. The topological polar surface area (TPSA) is 122 Å². The molecule has 0 aromatic rings. The molecule has 0 aromatic carbocycles. The third-order valence-corrected chi connectivity index (χ3v) is 5.28. The van der Waals surface area contributed by atoms with Gasteiger partial charge in [-0.2, -0.15) is 0 Å². The van der Waals surface area contributed by atoms with Gasteiger partial charge in [0, 0.05) is 26.2 Å². The average molecular weight is 376 g/mol. The zero-order chi connectivity index (χ0) is 17.8. The number of hydrogen-bond acceptors (Lipinski definition) is 4. The van der Waals surface area contributed by atoms with Crippen LogP contribution in [0, 0.1) is 0 Å². The van der Waals surface area contributed by atoms with E-state index in [4.69, 9.17) is 19.6 Å². The molecule has 0 aromatic heterocycles. The lowest BCUT2D eigenvalue weighted by Gasteiger charge is -2.26. The monoisotopic (exact) mass is 376 g/mol. The molecule has 2 heterocycles. The van der Waals surface area contributed by atoms with E-state index in [0.29, 0.717) is 26.2 Å². The van der Waals surface area contributed by atoms with Crippen molar-refractivity contribution in [1.82, 2.24) is 9.80 Å². The highest BCUT2D eigenvalue weighted by atomic mass is 31.2. The zero-order valence-corrected chi connectivity index (χ0v) is 14.9. The molecule has 134 valence electrons. The number of nitrogens with zero attached hydrogens (tertiary/aromatic N) is 2. The van der Waals surface area contributed by atoms with Crippen LogP contribution in [0.25, 0.3) is 0 Å². The third-order valence-electron chi connectivity index (χ3n) is 3.71. The highest BCUT2D eigenvalue weighted by molar-refractivity contribution is 7.52. The van der Waals surface area contributed by atoms with Crippen molar-refractivity contribution >= 4 is 15.2 Å². The van der Waals surface area contributed by atoms with E-state index in [1.165, 1.54) is 0 Å². The van der Waals surface area contributed by atoms with Crippen molar-refractivity contribution in [3.63, 3.8) is 0 Å². The summed E-state index contributed by atoms with van der Waals surface area (Å²) in [4.78, 5) is 39.3. The summed E-state index contributed by atoms with van der Waals surface area (Å²) >= 11 is 0. The molecule has 0 saturated heterocycles. The van der Waals surface area contributed by atoms with Crippen molar-refractivity contribution < 1.29 is 28.7 Å². The minimum atomic E-state index is -3.98. The molecule has 8 nitrogen and oxygen atoms in total. The molecule has 0 amide bonds. The van der Waals surface area contributed by atoms with Crippen molar-refractivity contribution in [2.45, 2.75) is 0 Å². The molecule has 0 spiro atoms. The minimum Gasteiger partial charge on any atom is -0.373 e. The van der Waals surface area contributed by atoms with E-state index in [1.54, 1.807) is 0 Å². The van der Waals surface area contributed by atoms with Gasteiger partial charge in [-0.1, -0.05) is 12.2 Å². The largest absolute Gasteiger partial charge is 0.373 e. The fourth-order valence-corrected chi connectivity index (χ4v) is 3.37. The summed E-state index contributed by atoms with van der Waals surface area (Å²) in [7, 11) is -7.96. The Bertz CT molecular complexity index is 615. The lowest BCUT2D eigenvalue weighted by molar-refractivity contribution is 0.354. The Kier molecular flexibility index (Phi) is 6.26. The van der Waals surface area contributed by atoms with Crippen LogP contribution in [-0.4, -0.2) is 67.9 Å². The van der Waals surface area contributed by atoms with Gasteiger partial charge in [0.05, 0.1) is 12.3 Å². The van der Waals surface area contributed by atoms with Crippen LogP contribution in [0.2, 0.25) is 0 Å². The van der Waals surface area contributed by atoms with Gasteiger partial charge in [-0.3, -0.25) is 9.13 Å². The Morgan fingerprint density at radius 2 is 1.17 bits per heavy atom. The van der Waals surface area contributed by atoms with Gasteiger partial charge in [0.1, 0.15) is 0 Å². The van der Waals surface area contributed by atoms with Crippen LogP contribution in [0.5, 0.6) is 0 Å². The molecule has 2 aliphatic heterocycles. The zero-order valence-electron chi connectivity index (χ0n) is 13.1. The number of rotatable bonds is 7. The Labute approximate surface area is 140 Å². The van der Waals surface area contributed by atoms with Crippen LogP contribution in [-0.2, 0) is 9.13 Å². The van der Waals surface area contributed by atoms with Gasteiger partial charge in [0.15, 0.2) is 0 Å². The maximum atomic E-state index is 10.9. The van der Waals surface area contributed by atoms with E-state index in [1.807, 2.05) is 46.5 Å². The second-order valence-corrected chi connectivity index (χ2v) is 9.27. The van der Waals surface area contributed by atoms with Gasteiger partial charge in [-0.25, -0.2) is 0 Å². The van der Waals surface area contributed by atoms with E-state index in [0.717, 1.165) is 11.1 Å². The summed E-state index contributed by atoms with van der Waals surface area (Å²) in [5.74, 6) is 0. The first kappa shape index (κ1) is 19.2. The van der Waals surface area contributed by atoms with E-state index < -0.39 is 15.2 Å². The van der Waals surface area contributed by atoms with Crippen molar-refractivity contribution in [3.05, 3.63) is 47.9 Å². The predicted molar refractivity (Wildman–Crippen MR) is 91.4 cm³/mol. The Morgan fingerprint density at radius 3 is 1.42 bits per heavy atom. The first-order valence-corrected chi connectivity index (χ1v) is 11.1. The SMILES string of the molecule is O=P(O)(O)CCN1C=CC(C2=CCN(CCP(=O)(O)O)C=C2)=CC1. The van der Waals surface area contributed by atoms with E-state index >= 15 is 0 Å². The van der Waals surface area contributed by atoms with E-state index in [9.17, 15) is 9.13 Å². The Balaban J connectivity index is 1.83. The highest BCUT2D eigenvalue weighted by Crippen LogP contribution is 2.34. The second kappa shape index (κ2) is 7.83. The van der Waals surface area contributed by atoms with Crippen molar-refractivity contribution in [1.29, 1.82) is 0 Å². The molecule has 0 unspecified atom stereocenters. The summed E-state index contributed by atoms with van der Waals surface area (Å²) in [6, 6.07) is 0. The first-order valence-electron chi connectivity index (χ1n) is 7.47. The van der Waals surface area contributed by atoms with Crippen molar-refractivity contribution in [2.75, 3.05) is 38.5 Å². The molecule has 10 heteroatoms. The Hall–Kier alpha value is -1.14. The maximum Gasteiger partial charge on any atom is 0.327 e. The van der Waals surface area contributed by atoms with Crippen molar-refractivity contribution in [3.8, 4) is 0 Å². The molecule has 2 rings (SSSR count). The smallest absolute Gasteiger partial charge is 0.327 e. The van der Waals surface area contributed by atoms with Crippen LogP contribution in [0.1, 0.15) is 0 Å². The molecule has 4 N–H and O–H groups in total. The van der Waals surface area contributed by atoms with Gasteiger partial charge >= 0.3 is 15.2 Å². The molecule has 0 bridgehead atoms. The summed E-state index contributed by atoms with van der Waals surface area (Å²) in [6.07, 6.45) is 11.1. The normalized spacial score (nSPS) is 18.7. The van der Waals surface area contributed by atoms with Gasteiger partial charge in [-0.15, -0.1) is 0 Å². The summed E-state index contributed by atoms with van der Waals surface area (Å²) in [5.41, 5.74) is 2.04. The molecule has 24 heavy (non-hydrogen) atoms. The quantitative estimate of drug-likeness (QED) is 0.483. The van der Waals surface area contributed by atoms with Crippen molar-refractivity contribution in [2.24, 2.45) is 0 Å². The second-order valence-electron chi connectivity index (χ2n) is 5.72. The van der Waals surface area contributed by atoms with E-state index in [2.05, 4.69) is 0 Å². The van der Waals surface area contributed by atoms with Gasteiger partial charge in [0.25, 0.3) is 0 Å². The molecular weight excluding hydrogens is 354 g/mol. The van der Waals surface area contributed by atoms with Crippen LogP contribution in [0.3, 0.4) is 0 Å². The first-order chi connectivity index (χ1) is 11.1. The number of allylic oxidation sites excluding steroid dienone is 4. The summed E-state index contributed by atoms with van der Waals surface area (Å²) < 4.78 is 21.8. The standard InChI is InChI=1S/C14H22N2O6P2/c17-23(18,19)11-9-15-5-1-13(2-6-15)14-3-7-16(8-4-14)10-12-24(20,21)22/h1-5,7H,6,8-12H2,(H2,17,18,19)(H2,20,21,22). The molecule has 0 saturated carbocycles. The summed E-state index contributed by atoms with van der Waals surface area (Å²) in [5, 5.41) is 0. The molecule has 0 aliphatic carbocycles. The predicted octanol–water partition coefficient (Wildman–Crippen LogP) is 0.853. The third kappa shape index (κ3) is 6.77. The maximum absolute atomic E-state index is 10.9. The lowest BCUT2D eigenvalue weighted by atomic mass is 10.0. The average Bonchev–Trinajstić information content (AvgIpc) is 2.51. The van der Waals surface area contributed by atoms with Gasteiger partial charge in [0.2, 0.25) is 0 Å². The molecule has 0 fully saturated rings. The summed E-state index contributed by atoms with van der Waals surface area (Å²) in [6.45, 7) is 1.77. The highest BCUT2D eigenvalue weighted by Gasteiger charge is 2.17. The van der Waals surface area contributed by atoms with Crippen LogP contribution < -0.4 is 0 Å². The lowest BCUT2D eigenvalue weighted by Crippen LogP contribution is -2.25. The number of hydrogen-bond donors (Lipinski definition) is 4. The van der Waals surface area contributed by atoms with Gasteiger partial charge < -0.3 is 29.4 Å². The van der Waals surface area contributed by atoms with Crippen LogP contribution in [0.4, 0.5) is 0 Å². The Morgan fingerprint density at radius 1 is 0.792 bits per heavy atom. The fraction of sp³-hybridized carbons (Fsp3) is 0.429. The molecule has 2 aliphatic rings. The van der Waals surface area contributed by atoms with Gasteiger partial charge in [-0.05, 0) is 35.7 Å². The van der Waals surface area contributed by atoms with Crippen LogP contribution >= 0.6 is 15.2 Å². The van der Waals surface area contributed by atoms with Crippen LogP contribution in [0.15, 0.2) is 47.9 Å². The van der Waals surface area contributed by atoms with E-state index in [-0.39, 0.29) is 12.3 Å².